The lowest BCUT2D eigenvalue weighted by Crippen LogP contribution is -2.30. The van der Waals surface area contributed by atoms with Crippen molar-refractivity contribution < 1.29 is 28.6 Å². The molecule has 0 amide bonds. The van der Waals surface area contributed by atoms with Crippen molar-refractivity contribution >= 4 is 17.9 Å². The van der Waals surface area contributed by atoms with Gasteiger partial charge in [-0.1, -0.05) is 243 Å². The zero-order chi connectivity index (χ0) is 47.2. The predicted octanol–water partition coefficient (Wildman–Crippen LogP) is 18.9. The molecule has 0 aromatic heterocycles. The van der Waals surface area contributed by atoms with Crippen LogP contribution in [0, 0.1) is 0 Å². The van der Waals surface area contributed by atoms with Gasteiger partial charge < -0.3 is 14.2 Å². The Balaban J connectivity index is 4.29. The number of unbranched alkanes of at least 4 members (excludes halogenated alkanes) is 35. The Kier molecular flexibility index (Phi) is 52.3. The largest absolute Gasteiger partial charge is 0.462 e. The van der Waals surface area contributed by atoms with Gasteiger partial charge in [-0.2, -0.15) is 0 Å². The predicted molar refractivity (Wildman–Crippen MR) is 279 cm³/mol. The highest BCUT2D eigenvalue weighted by Gasteiger charge is 2.19. The maximum Gasteiger partial charge on any atom is 0.306 e. The number of hydrogen-bond donors (Lipinski definition) is 0. The minimum Gasteiger partial charge on any atom is -0.462 e. The summed E-state index contributed by atoms with van der Waals surface area (Å²) in [5.74, 6) is -0.878. The number of ether oxygens (including phenoxy) is 3. The van der Waals surface area contributed by atoms with E-state index < -0.39 is 6.10 Å². The first-order valence-corrected chi connectivity index (χ1v) is 28.5. The molecule has 0 heterocycles. The molecule has 0 aromatic rings. The van der Waals surface area contributed by atoms with E-state index in [1.165, 1.54) is 180 Å². The van der Waals surface area contributed by atoms with Crippen LogP contribution in [0.15, 0.2) is 36.5 Å². The monoisotopic (exact) mass is 913 g/mol. The van der Waals surface area contributed by atoms with E-state index in [1.54, 1.807) is 0 Å². The van der Waals surface area contributed by atoms with E-state index in [-0.39, 0.29) is 31.1 Å². The van der Waals surface area contributed by atoms with Crippen LogP contribution in [0.25, 0.3) is 0 Å². The molecule has 0 rings (SSSR count). The molecule has 65 heavy (non-hydrogen) atoms. The van der Waals surface area contributed by atoms with E-state index in [2.05, 4.69) is 57.2 Å². The number of rotatable bonds is 52. The van der Waals surface area contributed by atoms with Gasteiger partial charge in [-0.3, -0.25) is 14.4 Å². The third-order valence-electron chi connectivity index (χ3n) is 12.6. The summed E-state index contributed by atoms with van der Waals surface area (Å²) < 4.78 is 16.8. The molecule has 0 spiro atoms. The molecule has 0 saturated carbocycles. The normalized spacial score (nSPS) is 12.2. The number of carbonyl (C=O) groups excluding carboxylic acids is 3. The number of carbonyl (C=O) groups is 3. The molecule has 0 N–H and O–H groups in total. The van der Waals surface area contributed by atoms with Gasteiger partial charge in [0.1, 0.15) is 13.2 Å². The average Bonchev–Trinajstić information content (AvgIpc) is 3.30. The summed E-state index contributed by atoms with van der Waals surface area (Å²) >= 11 is 0. The third kappa shape index (κ3) is 52.5. The molecule has 0 fully saturated rings. The summed E-state index contributed by atoms with van der Waals surface area (Å²) in [5, 5.41) is 0. The fourth-order valence-electron chi connectivity index (χ4n) is 8.29. The molecule has 380 valence electrons. The summed E-state index contributed by atoms with van der Waals surface area (Å²) in [5.41, 5.74) is 0. The van der Waals surface area contributed by atoms with Crippen molar-refractivity contribution in [1.82, 2.24) is 0 Å². The van der Waals surface area contributed by atoms with Crippen LogP contribution < -0.4 is 0 Å². The summed E-state index contributed by atoms with van der Waals surface area (Å²) in [6.07, 6.45) is 64.2. The van der Waals surface area contributed by atoms with Crippen LogP contribution in [-0.2, 0) is 28.6 Å². The molecule has 1 atom stereocenters. The summed E-state index contributed by atoms with van der Waals surface area (Å²) in [6, 6.07) is 0. The first-order chi connectivity index (χ1) is 32.0. The van der Waals surface area contributed by atoms with E-state index in [0.29, 0.717) is 19.3 Å². The van der Waals surface area contributed by atoms with Crippen molar-refractivity contribution in [2.75, 3.05) is 13.2 Å². The average molecular weight is 914 g/mol. The van der Waals surface area contributed by atoms with Crippen molar-refractivity contribution in [3.63, 3.8) is 0 Å². The molecule has 0 bridgehead atoms. The number of hydrogen-bond acceptors (Lipinski definition) is 6. The van der Waals surface area contributed by atoms with Gasteiger partial charge in [-0.15, -0.1) is 0 Å². The van der Waals surface area contributed by atoms with Crippen molar-refractivity contribution in [3.05, 3.63) is 36.5 Å². The standard InChI is InChI=1S/C59H108O6/c1-4-7-10-13-16-19-22-24-26-27-28-29-30-31-33-34-37-40-43-46-49-52-58(61)64-55-56(54-63-57(60)51-48-45-42-39-36-21-18-15-12-9-6-3)65-59(62)53-50-47-44-41-38-35-32-25-23-20-17-14-11-8-5-2/h17,20,25,27-28,32,56H,4-16,18-19,21-24,26,29-31,33-55H2,1-3H3/b20-17-,28-27-,32-25-. The van der Waals surface area contributed by atoms with Crippen LogP contribution in [0.4, 0.5) is 0 Å². The van der Waals surface area contributed by atoms with Crippen molar-refractivity contribution in [1.29, 1.82) is 0 Å². The highest BCUT2D eigenvalue weighted by molar-refractivity contribution is 5.71. The molecule has 0 radical (unpaired) electrons. The minimum atomic E-state index is -0.776. The zero-order valence-electron chi connectivity index (χ0n) is 43.5. The Hall–Kier alpha value is -2.37. The fraction of sp³-hybridized carbons (Fsp3) is 0.847. The molecular formula is C59H108O6. The molecular weight excluding hydrogens is 805 g/mol. The van der Waals surface area contributed by atoms with Crippen LogP contribution in [0.2, 0.25) is 0 Å². The lowest BCUT2D eigenvalue weighted by molar-refractivity contribution is -0.167. The van der Waals surface area contributed by atoms with Crippen LogP contribution in [0.3, 0.4) is 0 Å². The molecule has 0 aliphatic carbocycles. The minimum absolute atomic E-state index is 0.0753. The summed E-state index contributed by atoms with van der Waals surface area (Å²) in [7, 11) is 0. The summed E-state index contributed by atoms with van der Waals surface area (Å²) in [4.78, 5) is 38.1. The van der Waals surface area contributed by atoms with Crippen LogP contribution >= 0.6 is 0 Å². The van der Waals surface area contributed by atoms with Gasteiger partial charge in [-0.05, 0) is 77.0 Å². The maximum atomic E-state index is 12.8. The van der Waals surface area contributed by atoms with E-state index >= 15 is 0 Å². The van der Waals surface area contributed by atoms with Gasteiger partial charge in [0.2, 0.25) is 0 Å². The van der Waals surface area contributed by atoms with Gasteiger partial charge in [0, 0.05) is 19.3 Å². The zero-order valence-corrected chi connectivity index (χ0v) is 43.5. The first-order valence-electron chi connectivity index (χ1n) is 28.5. The van der Waals surface area contributed by atoms with Gasteiger partial charge in [-0.25, -0.2) is 0 Å². The second-order valence-electron chi connectivity index (χ2n) is 19.2. The van der Waals surface area contributed by atoms with E-state index in [1.807, 2.05) is 0 Å². The highest BCUT2D eigenvalue weighted by Crippen LogP contribution is 2.16. The topological polar surface area (TPSA) is 78.9 Å². The molecule has 0 aromatic carbocycles. The van der Waals surface area contributed by atoms with Gasteiger partial charge in [0.05, 0.1) is 0 Å². The smallest absolute Gasteiger partial charge is 0.306 e. The first kappa shape index (κ1) is 62.6. The molecule has 6 heteroatoms. The van der Waals surface area contributed by atoms with Crippen molar-refractivity contribution in [3.8, 4) is 0 Å². The number of esters is 3. The Morgan fingerprint density at radius 3 is 0.892 bits per heavy atom. The lowest BCUT2D eigenvalue weighted by Gasteiger charge is -2.18. The van der Waals surface area contributed by atoms with Crippen molar-refractivity contribution in [2.24, 2.45) is 0 Å². The maximum absolute atomic E-state index is 12.8. The summed E-state index contributed by atoms with van der Waals surface area (Å²) in [6.45, 7) is 6.62. The van der Waals surface area contributed by atoms with Crippen molar-refractivity contribution in [2.45, 2.75) is 309 Å². The molecule has 0 saturated heterocycles. The highest BCUT2D eigenvalue weighted by atomic mass is 16.6. The SMILES string of the molecule is CCCCC/C=C\C/C=C\CCCCCCCC(=O)OC(COC(=O)CCCCCCCCCCC/C=C\CCCCCCCCCC)COC(=O)CCCCCCCCCCCCC. The van der Waals surface area contributed by atoms with E-state index in [4.69, 9.17) is 14.2 Å². The van der Waals surface area contributed by atoms with Crippen LogP contribution in [-0.4, -0.2) is 37.2 Å². The molecule has 6 nitrogen and oxygen atoms in total. The third-order valence-corrected chi connectivity index (χ3v) is 12.6. The second-order valence-corrected chi connectivity index (χ2v) is 19.2. The second kappa shape index (κ2) is 54.2. The number of allylic oxidation sites excluding steroid dienone is 6. The van der Waals surface area contributed by atoms with Gasteiger partial charge >= 0.3 is 17.9 Å². The Labute approximate surface area is 404 Å². The lowest BCUT2D eigenvalue weighted by atomic mass is 10.1. The Bertz CT molecular complexity index is 1090. The van der Waals surface area contributed by atoms with Crippen LogP contribution in [0.5, 0.6) is 0 Å². The Morgan fingerprint density at radius 2 is 0.554 bits per heavy atom. The van der Waals surface area contributed by atoms with Gasteiger partial charge in [0.25, 0.3) is 0 Å². The van der Waals surface area contributed by atoms with Crippen LogP contribution in [0.1, 0.15) is 303 Å². The molecule has 0 aliphatic rings. The van der Waals surface area contributed by atoms with Gasteiger partial charge in [0.15, 0.2) is 6.10 Å². The molecule has 1 unspecified atom stereocenters. The quantitative estimate of drug-likeness (QED) is 0.0262. The van der Waals surface area contributed by atoms with E-state index in [9.17, 15) is 14.4 Å². The molecule has 0 aliphatic heterocycles. The van der Waals surface area contributed by atoms with E-state index in [0.717, 1.165) is 83.5 Å². The fourth-order valence-corrected chi connectivity index (χ4v) is 8.29. The Morgan fingerprint density at radius 1 is 0.308 bits per heavy atom.